The molecule has 0 aliphatic carbocycles. The summed E-state index contributed by atoms with van der Waals surface area (Å²) in [6.07, 6.45) is 1.69. The number of H-pyrrole nitrogens is 1. The van der Waals surface area contributed by atoms with E-state index >= 15 is 0 Å². The van der Waals surface area contributed by atoms with Crippen LogP contribution in [0, 0.1) is 4.77 Å². The second-order valence-corrected chi connectivity index (χ2v) is 7.79. The van der Waals surface area contributed by atoms with Crippen LogP contribution in [-0.2, 0) is 6.54 Å². The number of hydrogen-bond donors (Lipinski definition) is 1. The smallest absolute Gasteiger partial charge is 0.387 e. The van der Waals surface area contributed by atoms with Crippen molar-refractivity contribution >= 4 is 24.1 Å². The molecule has 1 N–H and O–H groups in total. The summed E-state index contributed by atoms with van der Waals surface area (Å²) < 4.78 is 31.0. The summed E-state index contributed by atoms with van der Waals surface area (Å²) in [5, 5.41) is 11.4. The van der Waals surface area contributed by atoms with Gasteiger partial charge in [-0.05, 0) is 66.7 Å². The fourth-order valence-electron chi connectivity index (χ4n) is 3.46. The molecule has 0 saturated heterocycles. The molecular formula is C25H23F2N5OS. The van der Waals surface area contributed by atoms with E-state index in [1.165, 1.54) is 22.4 Å². The average molecular weight is 480 g/mol. The average Bonchev–Trinajstić information content (AvgIpc) is 3.22. The third-order valence-electron chi connectivity index (χ3n) is 5.17. The van der Waals surface area contributed by atoms with E-state index in [4.69, 9.17) is 12.2 Å². The Balaban J connectivity index is 1.50. The number of aromatic nitrogens is 3. The van der Waals surface area contributed by atoms with E-state index < -0.39 is 6.61 Å². The highest BCUT2D eigenvalue weighted by atomic mass is 32.1. The van der Waals surface area contributed by atoms with Crippen LogP contribution in [0.1, 0.15) is 18.1 Å². The molecule has 1 heterocycles. The number of hydrogen-bond acceptors (Lipinski definition) is 5. The van der Waals surface area contributed by atoms with Gasteiger partial charge in [0.2, 0.25) is 4.77 Å². The zero-order chi connectivity index (χ0) is 23.9. The number of alkyl halides is 2. The molecule has 6 nitrogen and oxygen atoms in total. The lowest BCUT2D eigenvalue weighted by Crippen LogP contribution is -2.21. The Labute approximate surface area is 201 Å². The van der Waals surface area contributed by atoms with Gasteiger partial charge in [0.05, 0.1) is 6.21 Å². The Morgan fingerprint density at radius 3 is 2.41 bits per heavy atom. The molecule has 0 amide bonds. The SMILES string of the molecule is CCN(Cc1ccccc1)c1ccc(C=Nn2c(-c3ccc(OC(F)F)cc3)n[nH]c2=S)cc1. The molecular weight excluding hydrogens is 456 g/mol. The molecule has 0 bridgehead atoms. The molecule has 9 heteroatoms. The third-order valence-corrected chi connectivity index (χ3v) is 5.43. The Hall–Kier alpha value is -3.85. The number of ether oxygens (including phenoxy) is 1. The van der Waals surface area contributed by atoms with Crippen LogP contribution in [0.5, 0.6) is 5.75 Å². The maximum atomic E-state index is 12.4. The van der Waals surface area contributed by atoms with Gasteiger partial charge in [0.1, 0.15) is 5.75 Å². The highest BCUT2D eigenvalue weighted by Gasteiger charge is 2.10. The van der Waals surface area contributed by atoms with Crippen molar-refractivity contribution in [2.45, 2.75) is 20.1 Å². The third kappa shape index (κ3) is 5.74. The van der Waals surface area contributed by atoms with E-state index in [9.17, 15) is 8.78 Å². The maximum Gasteiger partial charge on any atom is 0.387 e. The lowest BCUT2D eigenvalue weighted by atomic mass is 10.1. The minimum absolute atomic E-state index is 0.0661. The van der Waals surface area contributed by atoms with E-state index in [-0.39, 0.29) is 5.75 Å². The zero-order valence-electron chi connectivity index (χ0n) is 18.4. The largest absolute Gasteiger partial charge is 0.435 e. The molecule has 0 unspecified atom stereocenters. The molecule has 4 aromatic rings. The molecule has 0 atom stereocenters. The number of benzene rings is 3. The molecule has 0 fully saturated rings. The summed E-state index contributed by atoms with van der Waals surface area (Å²) >= 11 is 5.30. The van der Waals surface area contributed by atoms with Crippen LogP contribution in [0.4, 0.5) is 14.5 Å². The van der Waals surface area contributed by atoms with E-state index in [2.05, 4.69) is 56.1 Å². The molecule has 174 valence electrons. The number of nitrogens with zero attached hydrogens (tertiary/aromatic N) is 4. The van der Waals surface area contributed by atoms with E-state index in [0.29, 0.717) is 16.2 Å². The van der Waals surface area contributed by atoms with Crippen LogP contribution < -0.4 is 9.64 Å². The number of rotatable bonds is 9. The van der Waals surface area contributed by atoms with Gasteiger partial charge in [-0.3, -0.25) is 0 Å². The molecule has 0 aliphatic rings. The predicted molar refractivity (Wildman–Crippen MR) is 132 cm³/mol. The predicted octanol–water partition coefficient (Wildman–Crippen LogP) is 6.12. The quantitative estimate of drug-likeness (QED) is 0.232. The van der Waals surface area contributed by atoms with Gasteiger partial charge in [0, 0.05) is 24.3 Å². The molecule has 0 radical (unpaired) electrons. The van der Waals surface area contributed by atoms with Gasteiger partial charge in [0.15, 0.2) is 5.82 Å². The number of halogens is 2. The highest BCUT2D eigenvalue weighted by molar-refractivity contribution is 7.71. The van der Waals surface area contributed by atoms with E-state index in [1.807, 2.05) is 30.3 Å². The summed E-state index contributed by atoms with van der Waals surface area (Å²) in [6, 6.07) is 24.6. The summed E-state index contributed by atoms with van der Waals surface area (Å²) in [6.45, 7) is 0.975. The summed E-state index contributed by atoms with van der Waals surface area (Å²) in [5.41, 5.74) is 3.93. The van der Waals surface area contributed by atoms with Crippen molar-refractivity contribution in [1.29, 1.82) is 0 Å². The normalized spacial score (nSPS) is 11.3. The monoisotopic (exact) mass is 479 g/mol. The van der Waals surface area contributed by atoms with Gasteiger partial charge >= 0.3 is 6.61 Å². The van der Waals surface area contributed by atoms with Crippen molar-refractivity contribution in [2.24, 2.45) is 5.10 Å². The number of nitrogens with one attached hydrogen (secondary N) is 1. The fourth-order valence-corrected chi connectivity index (χ4v) is 3.64. The van der Waals surface area contributed by atoms with Crippen molar-refractivity contribution in [1.82, 2.24) is 14.9 Å². The summed E-state index contributed by atoms with van der Waals surface area (Å²) in [7, 11) is 0. The topological polar surface area (TPSA) is 58.4 Å². The molecule has 4 rings (SSSR count). The van der Waals surface area contributed by atoms with Gasteiger partial charge in [-0.25, -0.2) is 5.10 Å². The van der Waals surface area contributed by atoms with E-state index in [0.717, 1.165) is 24.3 Å². The van der Waals surface area contributed by atoms with Crippen LogP contribution in [0.15, 0.2) is 84.0 Å². The first-order valence-electron chi connectivity index (χ1n) is 10.7. The van der Waals surface area contributed by atoms with E-state index in [1.54, 1.807) is 18.3 Å². The second kappa shape index (κ2) is 10.8. The zero-order valence-corrected chi connectivity index (χ0v) is 19.3. The first kappa shape index (κ1) is 23.3. The minimum Gasteiger partial charge on any atom is -0.435 e. The molecule has 1 aromatic heterocycles. The summed E-state index contributed by atoms with van der Waals surface area (Å²) in [5.74, 6) is 0.526. The second-order valence-electron chi connectivity index (χ2n) is 7.40. The van der Waals surface area contributed by atoms with Crippen LogP contribution in [-0.4, -0.2) is 34.2 Å². The van der Waals surface area contributed by atoms with Crippen molar-refractivity contribution < 1.29 is 13.5 Å². The molecule has 0 spiro atoms. The van der Waals surface area contributed by atoms with Crippen molar-refractivity contribution in [3.8, 4) is 17.1 Å². The lowest BCUT2D eigenvalue weighted by molar-refractivity contribution is -0.0498. The van der Waals surface area contributed by atoms with Gasteiger partial charge < -0.3 is 9.64 Å². The number of aromatic amines is 1. The number of anilines is 1. The van der Waals surface area contributed by atoms with Crippen LogP contribution >= 0.6 is 12.2 Å². The molecule has 3 aromatic carbocycles. The van der Waals surface area contributed by atoms with Gasteiger partial charge in [-0.15, -0.1) is 0 Å². The standard InChI is InChI=1S/C25H23F2N5OS/c1-2-31(17-19-6-4-3-5-7-19)21-12-8-18(9-13-21)16-28-32-23(29-30-25(32)34)20-10-14-22(15-11-20)33-24(26)27/h3-16,24H,2,17H2,1H3,(H,30,34). The first-order valence-corrected chi connectivity index (χ1v) is 11.1. The van der Waals surface area contributed by atoms with Crippen LogP contribution in [0.3, 0.4) is 0 Å². The lowest BCUT2D eigenvalue weighted by Gasteiger charge is -2.23. The van der Waals surface area contributed by atoms with Gasteiger partial charge in [0.25, 0.3) is 0 Å². The molecule has 34 heavy (non-hydrogen) atoms. The van der Waals surface area contributed by atoms with Crippen LogP contribution in [0.25, 0.3) is 11.4 Å². The Morgan fingerprint density at radius 2 is 1.76 bits per heavy atom. The molecule has 0 aliphatic heterocycles. The summed E-state index contributed by atoms with van der Waals surface area (Å²) in [4.78, 5) is 2.29. The Bertz CT molecular complexity index is 1290. The minimum atomic E-state index is -2.88. The highest BCUT2D eigenvalue weighted by Crippen LogP contribution is 2.22. The van der Waals surface area contributed by atoms with Gasteiger partial charge in [-0.1, -0.05) is 42.5 Å². The van der Waals surface area contributed by atoms with Crippen LogP contribution in [0.2, 0.25) is 0 Å². The maximum absolute atomic E-state index is 12.4. The Kier molecular flexibility index (Phi) is 7.44. The van der Waals surface area contributed by atoms with Crippen molar-refractivity contribution in [3.63, 3.8) is 0 Å². The Morgan fingerprint density at radius 1 is 1.06 bits per heavy atom. The van der Waals surface area contributed by atoms with Crippen molar-refractivity contribution in [2.75, 3.05) is 11.4 Å². The first-order chi connectivity index (χ1) is 16.5. The molecule has 0 saturated carbocycles. The fraction of sp³-hybridized carbons (Fsp3) is 0.160. The van der Waals surface area contributed by atoms with Crippen molar-refractivity contribution in [3.05, 3.63) is 94.8 Å². The van der Waals surface area contributed by atoms with Gasteiger partial charge in [-0.2, -0.15) is 23.7 Å².